The van der Waals surface area contributed by atoms with Gasteiger partial charge in [0.25, 0.3) is 0 Å². The van der Waals surface area contributed by atoms with E-state index in [1.54, 1.807) is 5.70 Å². The lowest BCUT2D eigenvalue weighted by molar-refractivity contribution is 0.341. The summed E-state index contributed by atoms with van der Waals surface area (Å²) in [4.78, 5) is 2.68. The normalized spacial score (nSPS) is 37.3. The molecule has 2 spiro atoms. The quantitative estimate of drug-likeness (QED) is 0.526. The van der Waals surface area contributed by atoms with Crippen LogP contribution in [0.3, 0.4) is 0 Å². The zero-order chi connectivity index (χ0) is 7.81. The summed E-state index contributed by atoms with van der Waals surface area (Å²) in [6.07, 6.45) is 10.00. The first-order chi connectivity index (χ1) is 5.79. The summed E-state index contributed by atoms with van der Waals surface area (Å²) < 4.78 is 0. The standard InChI is InChI=1S/C11H15N/c1-2-10(1)5-9-6-11(3-4-11)8-12(9)7-10/h5H,1-4,6-8H2. The van der Waals surface area contributed by atoms with Crippen LogP contribution < -0.4 is 0 Å². The predicted molar refractivity (Wildman–Crippen MR) is 47.6 cm³/mol. The van der Waals surface area contributed by atoms with Gasteiger partial charge < -0.3 is 4.90 Å². The van der Waals surface area contributed by atoms with E-state index in [4.69, 9.17) is 0 Å². The van der Waals surface area contributed by atoms with Crippen molar-refractivity contribution < 1.29 is 0 Å². The van der Waals surface area contributed by atoms with Crippen molar-refractivity contribution in [2.24, 2.45) is 10.8 Å². The third-order valence-corrected chi connectivity index (χ3v) is 4.32. The minimum atomic E-state index is 0.700. The smallest absolute Gasteiger partial charge is 0.0267 e. The van der Waals surface area contributed by atoms with Crippen molar-refractivity contribution in [3.05, 3.63) is 11.8 Å². The SMILES string of the molecule is C1=C2CC3(CC3)CN2CC12CC2. The maximum Gasteiger partial charge on any atom is 0.0267 e. The second-order valence-corrected chi connectivity index (χ2v) is 5.53. The summed E-state index contributed by atoms with van der Waals surface area (Å²) in [6, 6.07) is 0. The van der Waals surface area contributed by atoms with E-state index in [9.17, 15) is 0 Å². The van der Waals surface area contributed by atoms with Crippen LogP contribution in [0.4, 0.5) is 0 Å². The first kappa shape index (κ1) is 6.06. The van der Waals surface area contributed by atoms with E-state index in [0.717, 1.165) is 5.41 Å². The van der Waals surface area contributed by atoms with Gasteiger partial charge in [0.15, 0.2) is 0 Å². The Balaban J connectivity index is 1.71. The largest absolute Gasteiger partial charge is 0.374 e. The fourth-order valence-corrected chi connectivity index (χ4v) is 3.11. The highest BCUT2D eigenvalue weighted by Gasteiger charge is 2.56. The Kier molecular flexibility index (Phi) is 0.743. The van der Waals surface area contributed by atoms with Crippen LogP contribution in [-0.2, 0) is 0 Å². The van der Waals surface area contributed by atoms with Crippen molar-refractivity contribution in [3.8, 4) is 0 Å². The van der Waals surface area contributed by atoms with Crippen LogP contribution in [0, 0.1) is 10.8 Å². The minimum absolute atomic E-state index is 0.700. The van der Waals surface area contributed by atoms with Gasteiger partial charge in [0.1, 0.15) is 0 Å². The molecule has 2 heterocycles. The first-order valence-corrected chi connectivity index (χ1v) is 5.26. The molecule has 0 aromatic rings. The molecule has 3 fully saturated rings. The molecule has 2 aliphatic heterocycles. The van der Waals surface area contributed by atoms with Crippen LogP contribution in [0.5, 0.6) is 0 Å². The van der Waals surface area contributed by atoms with E-state index in [1.807, 2.05) is 0 Å². The Morgan fingerprint density at radius 1 is 1.08 bits per heavy atom. The molecule has 0 N–H and O–H groups in total. The summed E-state index contributed by atoms with van der Waals surface area (Å²) in [6.45, 7) is 2.78. The Bertz CT molecular complexity index is 281. The third kappa shape index (κ3) is 0.618. The van der Waals surface area contributed by atoms with E-state index in [-0.39, 0.29) is 0 Å². The van der Waals surface area contributed by atoms with Crippen LogP contribution in [0.15, 0.2) is 11.8 Å². The number of allylic oxidation sites excluding steroid dienone is 1. The molecule has 64 valence electrons. The van der Waals surface area contributed by atoms with E-state index < -0.39 is 0 Å². The van der Waals surface area contributed by atoms with E-state index >= 15 is 0 Å². The second-order valence-electron chi connectivity index (χ2n) is 5.53. The Hall–Kier alpha value is -0.460. The fourth-order valence-electron chi connectivity index (χ4n) is 3.11. The molecule has 0 unspecified atom stereocenters. The molecule has 4 rings (SSSR count). The topological polar surface area (TPSA) is 3.24 Å². The van der Waals surface area contributed by atoms with Gasteiger partial charge >= 0.3 is 0 Å². The zero-order valence-corrected chi connectivity index (χ0v) is 7.47. The summed E-state index contributed by atoms with van der Waals surface area (Å²) in [7, 11) is 0. The van der Waals surface area contributed by atoms with E-state index in [0.29, 0.717) is 5.41 Å². The van der Waals surface area contributed by atoms with Crippen LogP contribution in [0.1, 0.15) is 32.1 Å². The van der Waals surface area contributed by atoms with Crippen molar-refractivity contribution in [3.63, 3.8) is 0 Å². The van der Waals surface area contributed by atoms with Crippen molar-refractivity contribution in [1.29, 1.82) is 0 Å². The molecule has 1 saturated heterocycles. The molecular weight excluding hydrogens is 146 g/mol. The lowest BCUT2D eigenvalue weighted by Gasteiger charge is -2.16. The number of hydrogen-bond acceptors (Lipinski definition) is 1. The molecule has 0 aromatic heterocycles. The van der Waals surface area contributed by atoms with E-state index in [1.165, 1.54) is 45.2 Å². The van der Waals surface area contributed by atoms with Crippen LogP contribution in [0.2, 0.25) is 0 Å². The summed E-state index contributed by atoms with van der Waals surface area (Å²) in [5.41, 5.74) is 3.21. The predicted octanol–water partition coefficient (Wildman–Crippen LogP) is 2.15. The Morgan fingerprint density at radius 2 is 1.92 bits per heavy atom. The lowest BCUT2D eigenvalue weighted by Crippen LogP contribution is -2.21. The van der Waals surface area contributed by atoms with Gasteiger partial charge in [-0.3, -0.25) is 0 Å². The summed E-state index contributed by atoms with van der Waals surface area (Å²) in [5.74, 6) is 0. The van der Waals surface area contributed by atoms with Crippen molar-refractivity contribution in [2.45, 2.75) is 32.1 Å². The van der Waals surface area contributed by atoms with Crippen LogP contribution in [0.25, 0.3) is 0 Å². The molecule has 4 aliphatic rings. The average Bonchev–Trinajstić information content (AvgIpc) is 2.81. The second kappa shape index (κ2) is 1.47. The van der Waals surface area contributed by atoms with Crippen molar-refractivity contribution in [2.75, 3.05) is 13.1 Å². The zero-order valence-electron chi connectivity index (χ0n) is 7.47. The van der Waals surface area contributed by atoms with Gasteiger partial charge in [-0.15, -0.1) is 0 Å². The van der Waals surface area contributed by atoms with Gasteiger partial charge in [-0.25, -0.2) is 0 Å². The van der Waals surface area contributed by atoms with Crippen LogP contribution in [-0.4, -0.2) is 18.0 Å². The third-order valence-electron chi connectivity index (χ3n) is 4.32. The molecular formula is C11H15N. The molecule has 0 aromatic carbocycles. The molecule has 0 atom stereocenters. The van der Waals surface area contributed by atoms with Gasteiger partial charge in [0.2, 0.25) is 0 Å². The van der Waals surface area contributed by atoms with Crippen LogP contribution >= 0.6 is 0 Å². The highest BCUT2D eigenvalue weighted by Crippen LogP contribution is 2.62. The molecule has 2 saturated carbocycles. The first-order valence-electron chi connectivity index (χ1n) is 5.26. The molecule has 2 aliphatic carbocycles. The highest BCUT2D eigenvalue weighted by molar-refractivity contribution is 5.29. The molecule has 1 heteroatoms. The monoisotopic (exact) mass is 161 g/mol. The number of hydrogen-bond donors (Lipinski definition) is 0. The van der Waals surface area contributed by atoms with Gasteiger partial charge in [-0.1, -0.05) is 6.08 Å². The number of nitrogens with zero attached hydrogens (tertiary/aromatic N) is 1. The van der Waals surface area contributed by atoms with E-state index in [2.05, 4.69) is 11.0 Å². The fraction of sp³-hybridized carbons (Fsp3) is 0.818. The minimum Gasteiger partial charge on any atom is -0.374 e. The maximum atomic E-state index is 2.68. The summed E-state index contributed by atoms with van der Waals surface area (Å²) >= 11 is 0. The number of fused-ring (bicyclic) bond motifs is 1. The highest BCUT2D eigenvalue weighted by atomic mass is 15.2. The number of rotatable bonds is 0. The molecule has 0 bridgehead atoms. The van der Waals surface area contributed by atoms with Gasteiger partial charge in [0, 0.05) is 24.2 Å². The Labute approximate surface area is 73.4 Å². The van der Waals surface area contributed by atoms with Gasteiger partial charge in [-0.2, -0.15) is 0 Å². The summed E-state index contributed by atoms with van der Waals surface area (Å²) in [5, 5.41) is 0. The lowest BCUT2D eigenvalue weighted by atomic mass is 10.0. The molecule has 0 radical (unpaired) electrons. The van der Waals surface area contributed by atoms with Crippen molar-refractivity contribution in [1.82, 2.24) is 4.90 Å². The Morgan fingerprint density at radius 3 is 2.50 bits per heavy atom. The average molecular weight is 161 g/mol. The van der Waals surface area contributed by atoms with Gasteiger partial charge in [0.05, 0.1) is 0 Å². The molecule has 0 amide bonds. The van der Waals surface area contributed by atoms with Crippen molar-refractivity contribution >= 4 is 0 Å². The van der Waals surface area contributed by atoms with Gasteiger partial charge in [-0.05, 0) is 37.5 Å². The maximum absolute atomic E-state index is 2.68. The molecule has 1 nitrogen and oxygen atoms in total. The molecule has 12 heavy (non-hydrogen) atoms.